The average molecular weight is 418 g/mol. The molecule has 0 saturated heterocycles. The van der Waals surface area contributed by atoms with Crippen LogP contribution in [0.5, 0.6) is 5.75 Å². The van der Waals surface area contributed by atoms with E-state index < -0.39 is 6.04 Å². The SMILES string of the molecule is COc1ccc2c(c1)[N+](C)(CN)C(C(=O)c1ccccc1)CN=C2c1ccc(F)cc1. The molecular formula is C25H25FN3O2+. The van der Waals surface area contributed by atoms with Crippen LogP contribution in [0.2, 0.25) is 0 Å². The lowest BCUT2D eigenvalue weighted by Gasteiger charge is -2.38. The molecule has 0 spiro atoms. The van der Waals surface area contributed by atoms with E-state index in [1.165, 1.54) is 12.1 Å². The van der Waals surface area contributed by atoms with Crippen molar-refractivity contribution in [3.63, 3.8) is 0 Å². The summed E-state index contributed by atoms with van der Waals surface area (Å²) in [6.45, 7) is 0.459. The zero-order chi connectivity index (χ0) is 22.0. The van der Waals surface area contributed by atoms with Gasteiger partial charge in [0.2, 0.25) is 5.78 Å². The van der Waals surface area contributed by atoms with Crippen LogP contribution in [0.4, 0.5) is 10.1 Å². The maximum atomic E-state index is 13.6. The van der Waals surface area contributed by atoms with Crippen LogP contribution in [0.25, 0.3) is 0 Å². The fraction of sp³-hybridized carbons (Fsp3) is 0.200. The smallest absolute Gasteiger partial charge is 0.222 e. The fourth-order valence-electron chi connectivity index (χ4n) is 4.09. The number of nitrogens with two attached hydrogens (primary N) is 1. The maximum absolute atomic E-state index is 13.6. The topological polar surface area (TPSA) is 64.7 Å². The van der Waals surface area contributed by atoms with Crippen molar-refractivity contribution < 1.29 is 13.9 Å². The number of halogens is 1. The lowest BCUT2D eigenvalue weighted by molar-refractivity contribution is 0.0867. The minimum absolute atomic E-state index is 0.0218. The molecule has 6 heteroatoms. The maximum Gasteiger partial charge on any atom is 0.222 e. The molecule has 0 aliphatic carbocycles. The second-order valence-electron chi connectivity index (χ2n) is 7.78. The Morgan fingerprint density at radius 2 is 1.84 bits per heavy atom. The number of ketones is 1. The molecule has 3 aromatic carbocycles. The van der Waals surface area contributed by atoms with Gasteiger partial charge in [0.25, 0.3) is 0 Å². The number of aliphatic imine (C=N–C) groups is 1. The Morgan fingerprint density at radius 1 is 1.13 bits per heavy atom. The zero-order valence-corrected chi connectivity index (χ0v) is 17.6. The molecule has 3 aromatic rings. The van der Waals surface area contributed by atoms with E-state index in [2.05, 4.69) is 0 Å². The predicted molar refractivity (Wildman–Crippen MR) is 121 cm³/mol. The number of quaternary nitrogens is 1. The van der Waals surface area contributed by atoms with Crippen LogP contribution in [0.15, 0.2) is 77.8 Å². The summed E-state index contributed by atoms with van der Waals surface area (Å²) in [7, 11) is 3.56. The quantitative estimate of drug-likeness (QED) is 0.507. The molecule has 2 unspecified atom stereocenters. The Kier molecular flexibility index (Phi) is 5.67. The van der Waals surface area contributed by atoms with E-state index in [0.29, 0.717) is 17.0 Å². The normalized spacial score (nSPS) is 20.4. The van der Waals surface area contributed by atoms with E-state index in [4.69, 9.17) is 15.5 Å². The second-order valence-corrected chi connectivity index (χ2v) is 7.78. The van der Waals surface area contributed by atoms with E-state index in [-0.39, 0.29) is 29.3 Å². The average Bonchev–Trinajstić information content (AvgIpc) is 2.94. The van der Waals surface area contributed by atoms with Crippen molar-refractivity contribution in [3.8, 4) is 5.75 Å². The Morgan fingerprint density at radius 3 is 2.48 bits per heavy atom. The van der Waals surface area contributed by atoms with E-state index >= 15 is 0 Å². The van der Waals surface area contributed by atoms with Gasteiger partial charge in [0.05, 0.1) is 32.0 Å². The van der Waals surface area contributed by atoms with Crippen LogP contribution in [-0.4, -0.2) is 44.9 Å². The molecule has 1 aliphatic heterocycles. The summed E-state index contributed by atoms with van der Waals surface area (Å²) >= 11 is 0. The van der Waals surface area contributed by atoms with Crippen molar-refractivity contribution in [1.29, 1.82) is 0 Å². The standard InChI is InChI=1S/C25H25FN3O2/c1-29(16-27)22-14-20(31-2)12-13-21(22)24(17-8-10-19(26)11-9-17)28-15-23(29)25(30)18-6-4-3-5-7-18/h3-14,23H,15-16,27H2,1-2H3/q+1. The molecule has 31 heavy (non-hydrogen) atoms. The van der Waals surface area contributed by atoms with Crippen LogP contribution in [0.1, 0.15) is 21.5 Å². The van der Waals surface area contributed by atoms with Gasteiger partial charge in [-0.1, -0.05) is 30.3 Å². The Hall–Kier alpha value is -3.35. The molecule has 0 saturated carbocycles. The molecule has 0 radical (unpaired) electrons. The second kappa shape index (κ2) is 8.41. The van der Waals surface area contributed by atoms with E-state index in [0.717, 1.165) is 16.8 Å². The monoisotopic (exact) mass is 418 g/mol. The number of nitrogens with zero attached hydrogens (tertiary/aromatic N) is 2. The van der Waals surface area contributed by atoms with Gasteiger partial charge in [-0.3, -0.25) is 20.0 Å². The lowest BCUT2D eigenvalue weighted by atomic mass is 9.97. The van der Waals surface area contributed by atoms with Crippen molar-refractivity contribution in [2.45, 2.75) is 6.04 Å². The van der Waals surface area contributed by atoms with Gasteiger partial charge in [0, 0.05) is 17.2 Å². The molecule has 0 aromatic heterocycles. The fourth-order valence-corrected chi connectivity index (χ4v) is 4.09. The number of benzodiazepines with no additional fused rings is 1. The number of ether oxygens (including phenoxy) is 1. The van der Waals surface area contributed by atoms with Gasteiger partial charge in [-0.05, 0) is 36.4 Å². The highest BCUT2D eigenvalue weighted by Crippen LogP contribution is 2.36. The first-order valence-electron chi connectivity index (χ1n) is 10.1. The number of Topliss-reactive ketones (excluding diaryl/α,β-unsaturated/α-hetero) is 1. The molecule has 5 nitrogen and oxygen atoms in total. The van der Waals surface area contributed by atoms with Crippen LogP contribution in [-0.2, 0) is 0 Å². The third-order valence-electron chi connectivity index (χ3n) is 5.98. The molecule has 0 fully saturated rings. The molecule has 1 heterocycles. The van der Waals surface area contributed by atoms with Crippen molar-refractivity contribution in [2.24, 2.45) is 10.7 Å². The van der Waals surface area contributed by atoms with Gasteiger partial charge in [-0.25, -0.2) is 4.39 Å². The Balaban J connectivity index is 1.92. The highest BCUT2D eigenvalue weighted by Gasteiger charge is 2.43. The van der Waals surface area contributed by atoms with Crippen LogP contribution < -0.4 is 15.0 Å². The third-order valence-corrected chi connectivity index (χ3v) is 5.98. The summed E-state index contributed by atoms with van der Waals surface area (Å²) in [5.74, 6) is 0.335. The summed E-state index contributed by atoms with van der Waals surface area (Å²) in [6.07, 6.45) is 0. The highest BCUT2D eigenvalue weighted by atomic mass is 19.1. The summed E-state index contributed by atoms with van der Waals surface area (Å²) in [5, 5.41) is 0. The van der Waals surface area contributed by atoms with Gasteiger partial charge in [-0.15, -0.1) is 0 Å². The molecule has 0 amide bonds. The Labute approximate surface area is 181 Å². The molecule has 1 aliphatic rings. The number of hydrogen-bond acceptors (Lipinski definition) is 4. The zero-order valence-electron chi connectivity index (χ0n) is 17.6. The van der Waals surface area contributed by atoms with Crippen LogP contribution in [0.3, 0.4) is 0 Å². The first kappa shape index (κ1) is 20.9. The molecule has 2 atom stereocenters. The number of fused-ring (bicyclic) bond motifs is 1. The minimum Gasteiger partial charge on any atom is -0.497 e. The van der Waals surface area contributed by atoms with Gasteiger partial charge in [0.15, 0.2) is 6.04 Å². The van der Waals surface area contributed by atoms with Gasteiger partial charge in [-0.2, -0.15) is 0 Å². The number of carbonyl (C=O) groups is 1. The first-order chi connectivity index (χ1) is 15.0. The molecule has 0 bridgehead atoms. The number of methoxy groups -OCH3 is 1. The highest BCUT2D eigenvalue weighted by molar-refractivity contribution is 6.17. The van der Waals surface area contributed by atoms with E-state index in [9.17, 15) is 9.18 Å². The molecule has 4 rings (SSSR count). The molecule has 2 N–H and O–H groups in total. The van der Waals surface area contributed by atoms with Crippen LogP contribution >= 0.6 is 0 Å². The van der Waals surface area contributed by atoms with Crippen molar-refractivity contribution in [3.05, 3.63) is 95.3 Å². The number of carbonyl (C=O) groups excluding carboxylic acids is 1. The van der Waals surface area contributed by atoms with E-state index in [1.54, 1.807) is 19.2 Å². The van der Waals surface area contributed by atoms with Crippen molar-refractivity contribution >= 4 is 17.2 Å². The number of rotatable bonds is 5. The van der Waals surface area contributed by atoms with Crippen molar-refractivity contribution in [2.75, 3.05) is 27.4 Å². The summed E-state index contributed by atoms with van der Waals surface area (Å²) < 4.78 is 19.2. The van der Waals surface area contributed by atoms with Gasteiger partial charge < -0.3 is 4.74 Å². The van der Waals surface area contributed by atoms with Crippen LogP contribution in [0, 0.1) is 5.82 Å². The summed E-state index contributed by atoms with van der Waals surface area (Å²) in [5.41, 5.74) is 10.1. The van der Waals surface area contributed by atoms with Crippen molar-refractivity contribution in [1.82, 2.24) is 4.48 Å². The lowest BCUT2D eigenvalue weighted by Crippen LogP contribution is -2.61. The molecular weight excluding hydrogens is 393 g/mol. The number of benzene rings is 3. The van der Waals surface area contributed by atoms with Gasteiger partial charge >= 0.3 is 0 Å². The predicted octanol–water partition coefficient (Wildman–Crippen LogP) is 3.79. The summed E-state index contributed by atoms with van der Waals surface area (Å²) in [4.78, 5) is 18.4. The minimum atomic E-state index is -0.517. The third kappa shape index (κ3) is 3.76. The first-order valence-corrected chi connectivity index (χ1v) is 10.1. The number of hydrogen-bond donors (Lipinski definition) is 1. The summed E-state index contributed by atoms with van der Waals surface area (Å²) in [6, 6.07) is 20.6. The number of likely N-dealkylation sites (N-methyl/N-ethyl adjacent to an activating group) is 1. The van der Waals surface area contributed by atoms with E-state index in [1.807, 2.05) is 55.6 Å². The largest absolute Gasteiger partial charge is 0.497 e. The molecule has 158 valence electrons. The van der Waals surface area contributed by atoms with Gasteiger partial charge in [0.1, 0.15) is 23.9 Å². The Bertz CT molecular complexity index is 1130.